The van der Waals surface area contributed by atoms with E-state index in [9.17, 15) is 19.5 Å². The Balaban J connectivity index is 4.51. The van der Waals surface area contributed by atoms with Crippen molar-refractivity contribution >= 4 is 17.9 Å². The minimum Gasteiger partial charge on any atom is -0.544 e. The summed E-state index contributed by atoms with van der Waals surface area (Å²) in [7, 11) is 5.37. The minimum absolute atomic E-state index is 0.00579. The van der Waals surface area contributed by atoms with Crippen LogP contribution in [0.1, 0.15) is 136 Å². The third-order valence-corrected chi connectivity index (χ3v) is 8.90. The summed E-state index contributed by atoms with van der Waals surface area (Å²) in [5.41, 5.74) is 0. The number of hydrogen-bond donors (Lipinski definition) is 0. The zero-order chi connectivity index (χ0) is 42.8. The molecule has 0 aromatic rings. The molecule has 8 heteroatoms. The molecule has 0 rings (SSSR count). The van der Waals surface area contributed by atoms with Crippen molar-refractivity contribution < 1.29 is 38.2 Å². The van der Waals surface area contributed by atoms with E-state index in [-0.39, 0.29) is 55.5 Å². The topological polar surface area (TPSA) is 102 Å². The predicted molar refractivity (Wildman–Crippen MR) is 240 cm³/mol. The summed E-state index contributed by atoms with van der Waals surface area (Å²) in [6.07, 6.45) is 54.0. The monoisotopic (exact) mass is 806 g/mol. The highest BCUT2D eigenvalue weighted by Crippen LogP contribution is 2.11. The van der Waals surface area contributed by atoms with Gasteiger partial charge in [-0.05, 0) is 96.3 Å². The minimum atomic E-state index is -1.14. The van der Waals surface area contributed by atoms with Gasteiger partial charge in [-0.25, -0.2) is 0 Å². The molecule has 2 atom stereocenters. The third kappa shape index (κ3) is 37.6. The van der Waals surface area contributed by atoms with Crippen LogP contribution in [0.15, 0.2) is 109 Å². The second-order valence-corrected chi connectivity index (χ2v) is 15.2. The van der Waals surface area contributed by atoms with E-state index in [1.165, 1.54) is 0 Å². The molecule has 0 amide bonds. The Bertz CT molecular complexity index is 1310. The van der Waals surface area contributed by atoms with Crippen molar-refractivity contribution in [2.24, 2.45) is 0 Å². The van der Waals surface area contributed by atoms with Crippen LogP contribution in [-0.4, -0.2) is 75.5 Å². The number of quaternary nitrogens is 1. The molecule has 0 aromatic carbocycles. The Morgan fingerprint density at radius 3 is 1.34 bits per heavy atom. The van der Waals surface area contributed by atoms with Gasteiger partial charge in [-0.1, -0.05) is 130 Å². The first-order valence-electron chi connectivity index (χ1n) is 21.9. The number of esters is 2. The van der Waals surface area contributed by atoms with E-state index in [1.54, 1.807) is 21.1 Å². The maximum absolute atomic E-state index is 12.7. The lowest BCUT2D eigenvalue weighted by molar-refractivity contribution is -0.889. The first-order valence-corrected chi connectivity index (χ1v) is 21.9. The molecule has 0 aliphatic heterocycles. The van der Waals surface area contributed by atoms with Gasteiger partial charge in [0.1, 0.15) is 12.6 Å². The molecule has 58 heavy (non-hydrogen) atoms. The third-order valence-electron chi connectivity index (χ3n) is 8.90. The summed E-state index contributed by atoms with van der Waals surface area (Å²) in [4.78, 5) is 36.8. The van der Waals surface area contributed by atoms with Gasteiger partial charge < -0.3 is 28.6 Å². The molecule has 0 aliphatic carbocycles. The van der Waals surface area contributed by atoms with E-state index >= 15 is 0 Å². The number of carbonyl (C=O) groups is 3. The van der Waals surface area contributed by atoms with Gasteiger partial charge in [0.05, 0.1) is 40.3 Å². The van der Waals surface area contributed by atoms with Gasteiger partial charge >= 0.3 is 11.9 Å². The molecular weight excluding hydrogens is 727 g/mol. The zero-order valence-corrected chi connectivity index (χ0v) is 36.9. The molecule has 0 saturated carbocycles. The molecule has 0 bridgehead atoms. The Hall–Kier alpha value is -4.01. The largest absolute Gasteiger partial charge is 0.544 e. The molecule has 0 heterocycles. The summed E-state index contributed by atoms with van der Waals surface area (Å²) in [6, 6.07) is -0.745. The van der Waals surface area contributed by atoms with Crippen LogP contribution in [-0.2, 0) is 28.6 Å². The van der Waals surface area contributed by atoms with Crippen LogP contribution in [0, 0.1) is 0 Å². The highest BCUT2D eigenvalue weighted by molar-refractivity contribution is 5.70. The summed E-state index contributed by atoms with van der Waals surface area (Å²) in [6.45, 7) is 4.32. The number of likely N-dealkylation sites (N-methyl/N-ethyl adjacent to an activating group) is 1. The lowest BCUT2D eigenvalue weighted by Crippen LogP contribution is -2.55. The van der Waals surface area contributed by atoms with Crippen LogP contribution < -0.4 is 5.11 Å². The standard InChI is InChI=1S/C50H79NO7/c1-6-8-10-12-14-16-18-20-22-23-24-25-27-29-31-33-35-37-39-41-49(53)58-46(44-56-43-42-47(50(54)55)51(3,4)5)45-57-48(52)40-38-36-34-32-30-28-26-21-19-17-15-13-11-9-7-2/h8-11,14-17,20-22,24-26,29-32,46-47H,6-7,12-13,18-19,23,27-28,33-45H2,1-5H3/b10-8-,11-9-,16-14-,17-15-,22-20-,25-24-,26-21-,31-29-,32-30-. The highest BCUT2D eigenvalue weighted by Gasteiger charge is 2.25. The fraction of sp³-hybridized carbons (Fsp3) is 0.580. The van der Waals surface area contributed by atoms with Crippen LogP contribution in [0.5, 0.6) is 0 Å². The molecule has 326 valence electrons. The highest BCUT2D eigenvalue weighted by atomic mass is 16.6. The second-order valence-electron chi connectivity index (χ2n) is 15.2. The number of unbranched alkanes of at least 4 members (excludes halogenated alkanes) is 5. The molecule has 0 spiro atoms. The van der Waals surface area contributed by atoms with Gasteiger partial charge in [0, 0.05) is 19.3 Å². The molecule has 8 nitrogen and oxygen atoms in total. The van der Waals surface area contributed by atoms with Crippen LogP contribution in [0.25, 0.3) is 0 Å². The Kier molecular flexibility index (Phi) is 37.0. The van der Waals surface area contributed by atoms with Crippen molar-refractivity contribution in [2.75, 3.05) is 41.0 Å². The summed E-state index contributed by atoms with van der Waals surface area (Å²) in [5.74, 6) is -1.85. The molecule has 0 saturated heterocycles. The van der Waals surface area contributed by atoms with E-state index in [2.05, 4.69) is 123 Å². The Morgan fingerprint density at radius 1 is 0.517 bits per heavy atom. The molecule has 0 fully saturated rings. The fourth-order valence-electron chi connectivity index (χ4n) is 5.56. The Morgan fingerprint density at radius 2 is 0.914 bits per heavy atom. The van der Waals surface area contributed by atoms with Crippen molar-refractivity contribution in [2.45, 2.75) is 148 Å². The summed E-state index contributed by atoms with van der Waals surface area (Å²) >= 11 is 0. The van der Waals surface area contributed by atoms with Gasteiger partial charge in [0.25, 0.3) is 0 Å². The quantitative estimate of drug-likeness (QED) is 0.0267. The first kappa shape index (κ1) is 54.0. The smallest absolute Gasteiger partial charge is 0.306 e. The van der Waals surface area contributed by atoms with Gasteiger partial charge in [0.2, 0.25) is 0 Å². The summed E-state index contributed by atoms with van der Waals surface area (Å²) in [5, 5.41) is 11.6. The van der Waals surface area contributed by atoms with E-state index in [0.29, 0.717) is 12.8 Å². The second kappa shape index (κ2) is 39.8. The number of nitrogens with zero attached hydrogens (tertiary/aromatic N) is 1. The number of ether oxygens (including phenoxy) is 3. The van der Waals surface area contributed by atoms with E-state index in [0.717, 1.165) is 89.9 Å². The first-order chi connectivity index (χ1) is 28.1. The van der Waals surface area contributed by atoms with Crippen molar-refractivity contribution in [1.29, 1.82) is 0 Å². The zero-order valence-electron chi connectivity index (χ0n) is 36.9. The van der Waals surface area contributed by atoms with Crippen LogP contribution in [0.2, 0.25) is 0 Å². The lowest BCUT2D eigenvalue weighted by Gasteiger charge is -2.34. The molecule has 2 unspecified atom stereocenters. The lowest BCUT2D eigenvalue weighted by atomic mass is 10.1. The maximum Gasteiger partial charge on any atom is 0.306 e. The van der Waals surface area contributed by atoms with E-state index < -0.39 is 18.1 Å². The fourth-order valence-corrected chi connectivity index (χ4v) is 5.56. The van der Waals surface area contributed by atoms with Crippen LogP contribution in [0.3, 0.4) is 0 Å². The number of carbonyl (C=O) groups excluding carboxylic acids is 3. The molecule has 0 N–H and O–H groups in total. The normalized spacial score (nSPS) is 14.0. The van der Waals surface area contributed by atoms with Gasteiger partial charge in [-0.15, -0.1) is 0 Å². The maximum atomic E-state index is 12.7. The average Bonchev–Trinajstić information content (AvgIpc) is 3.18. The van der Waals surface area contributed by atoms with E-state index in [4.69, 9.17) is 14.2 Å². The number of aliphatic carboxylic acids is 1. The van der Waals surface area contributed by atoms with Crippen molar-refractivity contribution in [3.63, 3.8) is 0 Å². The van der Waals surface area contributed by atoms with Crippen molar-refractivity contribution in [3.05, 3.63) is 109 Å². The predicted octanol–water partition coefficient (Wildman–Crippen LogP) is 10.7. The summed E-state index contributed by atoms with van der Waals surface area (Å²) < 4.78 is 17.1. The van der Waals surface area contributed by atoms with Crippen molar-refractivity contribution in [3.8, 4) is 0 Å². The van der Waals surface area contributed by atoms with Crippen LogP contribution in [0.4, 0.5) is 0 Å². The molecular formula is C50H79NO7. The number of carboxylic acid groups (broad SMARTS) is 1. The average molecular weight is 806 g/mol. The van der Waals surface area contributed by atoms with Gasteiger partial charge in [-0.2, -0.15) is 0 Å². The molecule has 0 aliphatic rings. The molecule has 0 aromatic heterocycles. The SMILES string of the molecule is CC/C=C\C/C=C\C/C=C\C/C=C\C/C=C\CCCCCC(=O)OC(COCCC(C(=O)[O-])[N+](C)(C)C)COC(=O)CCCC/C=C\C/C=C\C/C=C\C/C=C\CC. The molecule has 0 radical (unpaired) electrons. The van der Waals surface area contributed by atoms with Crippen LogP contribution >= 0.6 is 0 Å². The Labute approximate surface area is 353 Å². The number of carboxylic acids is 1. The van der Waals surface area contributed by atoms with Gasteiger partial charge in [0.15, 0.2) is 6.10 Å². The number of allylic oxidation sites excluding steroid dienone is 18. The number of hydrogen-bond acceptors (Lipinski definition) is 7. The van der Waals surface area contributed by atoms with Gasteiger partial charge in [-0.3, -0.25) is 9.59 Å². The van der Waals surface area contributed by atoms with Crippen molar-refractivity contribution in [1.82, 2.24) is 0 Å². The van der Waals surface area contributed by atoms with E-state index in [1.807, 2.05) is 0 Å². The number of rotatable bonds is 37.